The minimum atomic E-state index is -3.26. The Balaban J connectivity index is 2.54. The Morgan fingerprint density at radius 3 is 2.35 bits per heavy atom. The van der Waals surface area contributed by atoms with Crippen LogP contribution in [-0.2, 0) is 22.9 Å². The van der Waals surface area contributed by atoms with Crippen LogP contribution in [0.1, 0.15) is 31.0 Å². The standard InChI is InChI=1S/C16H20FN3O2S/c1-3-4-5-13-14(10-17)19-16(18)20-15(13)11-6-8-12(9-7-11)23(2,21)22/h6-9H,3-5,10H2,1-2H3,(H2,18,19,20). The molecule has 0 radical (unpaired) electrons. The van der Waals surface area contributed by atoms with Crippen molar-refractivity contribution in [1.82, 2.24) is 9.97 Å². The van der Waals surface area contributed by atoms with Crippen molar-refractivity contribution in [2.24, 2.45) is 0 Å². The lowest BCUT2D eigenvalue weighted by Crippen LogP contribution is -2.07. The van der Waals surface area contributed by atoms with Crippen molar-refractivity contribution in [3.63, 3.8) is 0 Å². The predicted molar refractivity (Wildman–Crippen MR) is 88.4 cm³/mol. The zero-order valence-corrected chi connectivity index (χ0v) is 14.0. The van der Waals surface area contributed by atoms with Gasteiger partial charge in [-0.2, -0.15) is 0 Å². The number of alkyl halides is 1. The second-order valence-corrected chi connectivity index (χ2v) is 7.41. The highest BCUT2D eigenvalue weighted by molar-refractivity contribution is 7.90. The highest BCUT2D eigenvalue weighted by atomic mass is 32.2. The summed E-state index contributed by atoms with van der Waals surface area (Å²) in [5.74, 6) is 0.0140. The maximum Gasteiger partial charge on any atom is 0.220 e. The van der Waals surface area contributed by atoms with E-state index < -0.39 is 16.5 Å². The van der Waals surface area contributed by atoms with Crippen molar-refractivity contribution in [2.75, 3.05) is 12.0 Å². The van der Waals surface area contributed by atoms with Gasteiger partial charge in [-0.05, 0) is 25.0 Å². The molecule has 0 unspecified atom stereocenters. The van der Waals surface area contributed by atoms with Crippen molar-refractivity contribution in [3.05, 3.63) is 35.5 Å². The third-order valence-corrected chi connectivity index (χ3v) is 4.70. The van der Waals surface area contributed by atoms with Crippen LogP contribution in [0.15, 0.2) is 29.2 Å². The lowest BCUT2D eigenvalue weighted by atomic mass is 10.00. The maximum atomic E-state index is 13.3. The highest BCUT2D eigenvalue weighted by Gasteiger charge is 2.15. The van der Waals surface area contributed by atoms with Gasteiger partial charge in [0, 0.05) is 17.4 Å². The van der Waals surface area contributed by atoms with E-state index in [2.05, 4.69) is 9.97 Å². The Bertz CT molecular complexity index is 790. The van der Waals surface area contributed by atoms with Gasteiger partial charge in [0.05, 0.1) is 16.3 Å². The first-order valence-corrected chi connectivity index (χ1v) is 9.27. The van der Waals surface area contributed by atoms with Crippen molar-refractivity contribution >= 4 is 15.8 Å². The number of halogens is 1. The summed E-state index contributed by atoms with van der Waals surface area (Å²) in [7, 11) is -3.26. The SMILES string of the molecule is CCCCc1c(CF)nc(N)nc1-c1ccc(S(C)(=O)=O)cc1. The molecule has 0 saturated heterocycles. The number of nitrogens with zero attached hydrogens (tertiary/aromatic N) is 2. The summed E-state index contributed by atoms with van der Waals surface area (Å²) in [5.41, 5.74) is 7.98. The second-order valence-electron chi connectivity index (χ2n) is 5.39. The van der Waals surface area contributed by atoms with Crippen LogP contribution >= 0.6 is 0 Å². The molecule has 0 aliphatic carbocycles. The average Bonchev–Trinajstić information content (AvgIpc) is 2.52. The number of nitrogen functional groups attached to an aromatic ring is 1. The third-order valence-electron chi connectivity index (χ3n) is 3.57. The molecule has 0 spiro atoms. The lowest BCUT2D eigenvalue weighted by Gasteiger charge is -2.13. The zero-order chi connectivity index (χ0) is 17.0. The molecule has 0 saturated carbocycles. The minimum absolute atomic E-state index is 0.0140. The molecule has 0 aliphatic heterocycles. The van der Waals surface area contributed by atoms with Crippen LogP contribution in [0.5, 0.6) is 0 Å². The number of unbranched alkanes of at least 4 members (excludes halogenated alkanes) is 1. The van der Waals surface area contributed by atoms with Crippen molar-refractivity contribution in [3.8, 4) is 11.3 Å². The predicted octanol–water partition coefficient (Wildman–Crippen LogP) is 2.94. The van der Waals surface area contributed by atoms with Crippen LogP contribution in [-0.4, -0.2) is 24.6 Å². The number of sulfone groups is 1. The number of hydrogen-bond donors (Lipinski definition) is 1. The summed E-state index contributed by atoms with van der Waals surface area (Å²) in [6.07, 6.45) is 3.65. The van der Waals surface area contributed by atoms with Crippen molar-refractivity contribution < 1.29 is 12.8 Å². The van der Waals surface area contributed by atoms with E-state index in [9.17, 15) is 12.8 Å². The van der Waals surface area contributed by atoms with Crippen LogP contribution in [0.2, 0.25) is 0 Å². The van der Waals surface area contributed by atoms with E-state index in [1.165, 1.54) is 12.1 Å². The Morgan fingerprint density at radius 2 is 1.83 bits per heavy atom. The molecule has 1 heterocycles. The quantitative estimate of drug-likeness (QED) is 0.876. The molecule has 2 rings (SSSR count). The molecule has 0 fully saturated rings. The van der Waals surface area contributed by atoms with Crippen LogP contribution < -0.4 is 5.73 Å². The fraction of sp³-hybridized carbons (Fsp3) is 0.375. The molecular weight excluding hydrogens is 317 g/mol. The van der Waals surface area contributed by atoms with E-state index in [0.717, 1.165) is 24.7 Å². The monoisotopic (exact) mass is 337 g/mol. The normalized spacial score (nSPS) is 11.6. The van der Waals surface area contributed by atoms with Crippen LogP contribution in [0.4, 0.5) is 10.3 Å². The summed E-state index contributed by atoms with van der Waals surface area (Å²) < 4.78 is 36.4. The first-order chi connectivity index (χ1) is 10.9. The molecule has 2 aromatic rings. The first kappa shape index (κ1) is 17.3. The fourth-order valence-corrected chi connectivity index (χ4v) is 3.01. The molecule has 5 nitrogen and oxygen atoms in total. The molecule has 1 aromatic carbocycles. The number of rotatable bonds is 6. The van der Waals surface area contributed by atoms with Gasteiger partial charge in [0.1, 0.15) is 6.67 Å². The zero-order valence-electron chi connectivity index (χ0n) is 13.2. The summed E-state index contributed by atoms with van der Waals surface area (Å²) >= 11 is 0. The van der Waals surface area contributed by atoms with Gasteiger partial charge >= 0.3 is 0 Å². The Labute approximate surface area is 135 Å². The molecule has 0 aliphatic rings. The number of aromatic nitrogens is 2. The summed E-state index contributed by atoms with van der Waals surface area (Å²) in [4.78, 5) is 8.46. The first-order valence-electron chi connectivity index (χ1n) is 7.38. The number of benzene rings is 1. The van der Waals surface area contributed by atoms with E-state index >= 15 is 0 Å². The van der Waals surface area contributed by atoms with Gasteiger partial charge in [-0.1, -0.05) is 25.5 Å². The second kappa shape index (κ2) is 7.04. The largest absolute Gasteiger partial charge is 0.368 e. The highest BCUT2D eigenvalue weighted by Crippen LogP contribution is 2.27. The molecule has 23 heavy (non-hydrogen) atoms. The molecule has 124 valence electrons. The molecule has 2 N–H and O–H groups in total. The van der Waals surface area contributed by atoms with Gasteiger partial charge in [-0.25, -0.2) is 22.8 Å². The molecule has 0 atom stereocenters. The van der Waals surface area contributed by atoms with Crippen LogP contribution in [0.25, 0.3) is 11.3 Å². The van der Waals surface area contributed by atoms with E-state index in [1.807, 2.05) is 6.92 Å². The van der Waals surface area contributed by atoms with Crippen molar-refractivity contribution in [2.45, 2.75) is 37.8 Å². The van der Waals surface area contributed by atoms with E-state index in [1.54, 1.807) is 12.1 Å². The summed E-state index contributed by atoms with van der Waals surface area (Å²) in [6, 6.07) is 6.36. The molecule has 0 bridgehead atoms. The number of nitrogens with two attached hydrogens (primary N) is 1. The Morgan fingerprint density at radius 1 is 1.17 bits per heavy atom. The van der Waals surface area contributed by atoms with Gasteiger partial charge in [0.25, 0.3) is 0 Å². The average molecular weight is 337 g/mol. The van der Waals surface area contributed by atoms with Crippen molar-refractivity contribution in [1.29, 1.82) is 0 Å². The van der Waals surface area contributed by atoms with Gasteiger partial charge in [0.15, 0.2) is 9.84 Å². The lowest BCUT2D eigenvalue weighted by molar-refractivity contribution is 0.472. The summed E-state index contributed by atoms with van der Waals surface area (Å²) in [5, 5.41) is 0. The topological polar surface area (TPSA) is 85.9 Å². The van der Waals surface area contributed by atoms with E-state index in [0.29, 0.717) is 23.4 Å². The van der Waals surface area contributed by atoms with Crippen LogP contribution in [0, 0.1) is 0 Å². The maximum absolute atomic E-state index is 13.3. The van der Waals surface area contributed by atoms with E-state index in [-0.39, 0.29) is 10.8 Å². The van der Waals surface area contributed by atoms with Gasteiger partial charge in [-0.3, -0.25) is 0 Å². The van der Waals surface area contributed by atoms with Gasteiger partial charge < -0.3 is 5.73 Å². The number of hydrogen-bond acceptors (Lipinski definition) is 5. The minimum Gasteiger partial charge on any atom is -0.368 e. The van der Waals surface area contributed by atoms with Crippen LogP contribution in [0.3, 0.4) is 0 Å². The smallest absolute Gasteiger partial charge is 0.220 e. The Kier molecular flexibility index (Phi) is 5.30. The molecular formula is C16H20FN3O2S. The van der Waals surface area contributed by atoms with Gasteiger partial charge in [-0.15, -0.1) is 0 Å². The number of anilines is 1. The molecule has 0 amide bonds. The fourth-order valence-electron chi connectivity index (χ4n) is 2.38. The third kappa shape index (κ3) is 4.04. The summed E-state index contributed by atoms with van der Waals surface area (Å²) in [6.45, 7) is 1.34. The molecule has 7 heteroatoms. The van der Waals surface area contributed by atoms with E-state index in [4.69, 9.17) is 5.73 Å². The van der Waals surface area contributed by atoms with Gasteiger partial charge in [0.2, 0.25) is 5.95 Å². The Hall–Kier alpha value is -2.02. The molecule has 1 aromatic heterocycles.